The fraction of sp³-hybridized carbons (Fsp3) is 0.727. The maximum atomic E-state index is 13.0. The molecule has 13 heteroatoms. The molecule has 0 saturated heterocycles. The van der Waals surface area contributed by atoms with Crippen molar-refractivity contribution < 1.29 is 39.0 Å². The van der Waals surface area contributed by atoms with E-state index in [-0.39, 0.29) is 31.6 Å². The second kappa shape index (κ2) is 15.6. The molecule has 0 aromatic carbocycles. The van der Waals surface area contributed by atoms with Crippen molar-refractivity contribution in [1.82, 2.24) is 16.0 Å². The molecule has 200 valence electrons. The number of rotatable bonds is 17. The van der Waals surface area contributed by atoms with Crippen LogP contribution < -0.4 is 27.4 Å². The Kier molecular flexibility index (Phi) is 14.2. The molecule has 0 spiro atoms. The lowest BCUT2D eigenvalue weighted by molar-refractivity contribution is -0.143. The van der Waals surface area contributed by atoms with E-state index in [1.807, 2.05) is 0 Å². The van der Waals surface area contributed by atoms with Crippen molar-refractivity contribution >= 4 is 35.6 Å². The summed E-state index contributed by atoms with van der Waals surface area (Å²) in [7, 11) is 0. The molecule has 0 bridgehead atoms. The van der Waals surface area contributed by atoms with E-state index in [4.69, 9.17) is 16.6 Å². The Balaban J connectivity index is 5.60. The van der Waals surface area contributed by atoms with Gasteiger partial charge in [-0.05, 0) is 31.1 Å². The number of hydrogen-bond acceptors (Lipinski definition) is 7. The lowest BCUT2D eigenvalue weighted by atomic mass is 9.96. The quantitative estimate of drug-likeness (QED) is 0.130. The largest absolute Gasteiger partial charge is 0.481 e. The first-order valence-corrected chi connectivity index (χ1v) is 11.6. The molecule has 35 heavy (non-hydrogen) atoms. The first kappa shape index (κ1) is 31.8. The summed E-state index contributed by atoms with van der Waals surface area (Å²) in [5.74, 6) is -5.80. The maximum Gasteiger partial charge on any atom is 0.326 e. The predicted molar refractivity (Wildman–Crippen MR) is 126 cm³/mol. The number of aliphatic carboxylic acids is 2. The Morgan fingerprint density at radius 3 is 1.83 bits per heavy atom. The van der Waals surface area contributed by atoms with E-state index in [1.165, 1.54) is 0 Å². The smallest absolute Gasteiger partial charge is 0.326 e. The topological polar surface area (TPSA) is 231 Å². The van der Waals surface area contributed by atoms with E-state index in [0.29, 0.717) is 6.42 Å². The standard InChI is InChI=1S/C22H39N5O8/c1-5-12(4)18(21(33)26-15(22(34)35)10-11(2)3)27-20(32)14(7-9-17(29)30)25-19(31)13(23)6-8-16(24)28/h11-15,18H,5-10,23H2,1-4H3,(H2,24,28)(H,25,31)(H,26,33)(H,27,32)(H,29,30)(H,34,35). The Labute approximate surface area is 204 Å². The molecular weight excluding hydrogens is 462 g/mol. The molecule has 0 aliphatic rings. The molecule has 0 radical (unpaired) electrons. The predicted octanol–water partition coefficient (Wildman–Crippen LogP) is -0.925. The van der Waals surface area contributed by atoms with Gasteiger partial charge < -0.3 is 37.6 Å². The molecule has 0 rings (SSSR count). The second-order valence-electron chi connectivity index (χ2n) is 9.01. The molecule has 9 N–H and O–H groups in total. The highest BCUT2D eigenvalue weighted by Crippen LogP contribution is 2.12. The van der Waals surface area contributed by atoms with Gasteiger partial charge in [0.2, 0.25) is 23.6 Å². The number of carboxylic acid groups (broad SMARTS) is 2. The summed E-state index contributed by atoms with van der Waals surface area (Å²) >= 11 is 0. The van der Waals surface area contributed by atoms with Gasteiger partial charge in [-0.3, -0.25) is 24.0 Å². The summed E-state index contributed by atoms with van der Waals surface area (Å²) in [5, 5.41) is 25.8. The number of carbonyl (C=O) groups excluding carboxylic acids is 4. The monoisotopic (exact) mass is 501 g/mol. The van der Waals surface area contributed by atoms with E-state index < -0.39 is 72.1 Å². The molecule has 0 aliphatic heterocycles. The van der Waals surface area contributed by atoms with Crippen LogP contribution in [0.3, 0.4) is 0 Å². The van der Waals surface area contributed by atoms with Crippen LogP contribution >= 0.6 is 0 Å². The molecule has 4 amide bonds. The number of primary amides is 1. The van der Waals surface area contributed by atoms with Gasteiger partial charge in [-0.25, -0.2) is 4.79 Å². The number of hydrogen-bond donors (Lipinski definition) is 7. The van der Waals surface area contributed by atoms with Gasteiger partial charge >= 0.3 is 11.9 Å². The third kappa shape index (κ3) is 12.7. The third-order valence-corrected chi connectivity index (χ3v) is 5.43. The number of amides is 4. The van der Waals surface area contributed by atoms with Crippen molar-refractivity contribution in [2.45, 2.75) is 90.4 Å². The van der Waals surface area contributed by atoms with Crippen LogP contribution in [-0.4, -0.2) is 69.9 Å². The van der Waals surface area contributed by atoms with Gasteiger partial charge in [-0.15, -0.1) is 0 Å². The third-order valence-electron chi connectivity index (χ3n) is 5.43. The summed E-state index contributed by atoms with van der Waals surface area (Å²) < 4.78 is 0. The number of nitrogens with one attached hydrogen (secondary N) is 3. The Hall–Kier alpha value is -3.22. The average Bonchev–Trinajstić information content (AvgIpc) is 2.76. The molecule has 0 saturated carbocycles. The van der Waals surface area contributed by atoms with Crippen molar-refractivity contribution in [2.75, 3.05) is 0 Å². The van der Waals surface area contributed by atoms with Crippen molar-refractivity contribution in [2.24, 2.45) is 23.3 Å². The highest BCUT2D eigenvalue weighted by molar-refractivity contribution is 5.94. The minimum absolute atomic E-state index is 0.0116. The lowest BCUT2D eigenvalue weighted by Crippen LogP contribution is -2.58. The highest BCUT2D eigenvalue weighted by atomic mass is 16.4. The van der Waals surface area contributed by atoms with Crippen LogP contribution in [0.5, 0.6) is 0 Å². The van der Waals surface area contributed by atoms with Gasteiger partial charge in [0.15, 0.2) is 0 Å². The van der Waals surface area contributed by atoms with Crippen molar-refractivity contribution in [1.29, 1.82) is 0 Å². The molecule has 13 nitrogen and oxygen atoms in total. The Morgan fingerprint density at radius 1 is 0.800 bits per heavy atom. The van der Waals surface area contributed by atoms with Crippen LogP contribution in [0.15, 0.2) is 0 Å². The zero-order valence-electron chi connectivity index (χ0n) is 20.7. The van der Waals surface area contributed by atoms with Crippen LogP contribution in [0.1, 0.15) is 66.2 Å². The number of nitrogens with two attached hydrogens (primary N) is 2. The van der Waals surface area contributed by atoms with Crippen molar-refractivity contribution in [3.8, 4) is 0 Å². The molecular formula is C22H39N5O8. The average molecular weight is 502 g/mol. The SMILES string of the molecule is CCC(C)C(NC(=O)C(CCC(=O)O)NC(=O)C(N)CCC(N)=O)C(=O)NC(CC(C)C)C(=O)O. The lowest BCUT2D eigenvalue weighted by Gasteiger charge is -2.28. The molecule has 0 fully saturated rings. The first-order valence-electron chi connectivity index (χ1n) is 11.6. The van der Waals surface area contributed by atoms with Crippen LogP contribution in [0.2, 0.25) is 0 Å². The molecule has 0 aromatic heterocycles. The van der Waals surface area contributed by atoms with Gasteiger partial charge in [0.1, 0.15) is 18.1 Å². The second-order valence-corrected chi connectivity index (χ2v) is 9.01. The minimum Gasteiger partial charge on any atom is -0.481 e. The Morgan fingerprint density at radius 2 is 1.37 bits per heavy atom. The van der Waals surface area contributed by atoms with Gasteiger partial charge in [0, 0.05) is 12.8 Å². The molecule has 5 atom stereocenters. The number of carbonyl (C=O) groups is 6. The van der Waals surface area contributed by atoms with Gasteiger partial charge in [0.05, 0.1) is 6.04 Å². The summed E-state index contributed by atoms with van der Waals surface area (Å²) in [6.07, 6.45) is -0.316. The zero-order valence-corrected chi connectivity index (χ0v) is 20.7. The normalized spacial score (nSPS) is 15.3. The zero-order chi connectivity index (χ0) is 27.3. The van der Waals surface area contributed by atoms with E-state index >= 15 is 0 Å². The highest BCUT2D eigenvalue weighted by Gasteiger charge is 2.33. The molecule has 0 heterocycles. The van der Waals surface area contributed by atoms with E-state index in [0.717, 1.165) is 0 Å². The van der Waals surface area contributed by atoms with Gasteiger partial charge in [-0.1, -0.05) is 34.1 Å². The van der Waals surface area contributed by atoms with Crippen LogP contribution in [0, 0.1) is 11.8 Å². The minimum atomic E-state index is -1.33. The van der Waals surface area contributed by atoms with Crippen molar-refractivity contribution in [3.63, 3.8) is 0 Å². The van der Waals surface area contributed by atoms with E-state index in [1.54, 1.807) is 27.7 Å². The van der Waals surface area contributed by atoms with Gasteiger partial charge in [-0.2, -0.15) is 0 Å². The fourth-order valence-corrected chi connectivity index (χ4v) is 3.15. The molecule has 5 unspecified atom stereocenters. The molecule has 0 aliphatic carbocycles. The fourth-order valence-electron chi connectivity index (χ4n) is 3.15. The van der Waals surface area contributed by atoms with E-state index in [2.05, 4.69) is 16.0 Å². The number of carboxylic acids is 2. The molecule has 0 aromatic rings. The summed E-state index contributed by atoms with van der Waals surface area (Å²) in [6, 6.07) is -4.78. The van der Waals surface area contributed by atoms with Crippen molar-refractivity contribution in [3.05, 3.63) is 0 Å². The van der Waals surface area contributed by atoms with E-state index in [9.17, 15) is 33.9 Å². The summed E-state index contributed by atoms with van der Waals surface area (Å²) in [4.78, 5) is 71.8. The summed E-state index contributed by atoms with van der Waals surface area (Å²) in [5.41, 5.74) is 10.8. The van der Waals surface area contributed by atoms with Crippen LogP contribution in [0.25, 0.3) is 0 Å². The van der Waals surface area contributed by atoms with Gasteiger partial charge in [0.25, 0.3) is 0 Å². The Bertz CT molecular complexity index is 773. The first-order chi connectivity index (χ1) is 16.2. The van der Waals surface area contributed by atoms with Crippen LogP contribution in [-0.2, 0) is 28.8 Å². The maximum absolute atomic E-state index is 13.0. The summed E-state index contributed by atoms with van der Waals surface area (Å²) in [6.45, 7) is 7.08. The van der Waals surface area contributed by atoms with Crippen LogP contribution in [0.4, 0.5) is 0 Å².